The summed E-state index contributed by atoms with van der Waals surface area (Å²) < 4.78 is 4.52. The van der Waals surface area contributed by atoms with Gasteiger partial charge in [-0.25, -0.2) is 4.79 Å². The summed E-state index contributed by atoms with van der Waals surface area (Å²) in [6, 6.07) is 0. The van der Waals surface area contributed by atoms with E-state index in [0.29, 0.717) is 0 Å². The molecule has 0 unspecified atom stereocenters. The van der Waals surface area contributed by atoms with Crippen LogP contribution in [0.4, 0.5) is 0 Å². The number of rotatable bonds is 2. The lowest BCUT2D eigenvalue weighted by Crippen LogP contribution is -2.56. The molecule has 1 aliphatic heterocycles. The quantitative estimate of drug-likeness (QED) is 0.213. The Kier molecular flexibility index (Phi) is 3.26. The molecule has 0 aromatic heterocycles. The lowest BCUT2D eigenvalue weighted by molar-refractivity contribution is -0.200. The van der Waals surface area contributed by atoms with Crippen LogP contribution in [0.5, 0.6) is 0 Å². The largest absolute Gasteiger partial charge is 0.457 e. The van der Waals surface area contributed by atoms with E-state index in [-0.39, 0.29) is 6.54 Å². The van der Waals surface area contributed by atoms with E-state index in [4.69, 9.17) is 15.7 Å². The summed E-state index contributed by atoms with van der Waals surface area (Å²) in [5.41, 5.74) is 7.99. The zero-order valence-corrected chi connectivity index (χ0v) is 7.02. The fourth-order valence-electron chi connectivity index (χ4n) is 1.10. The van der Waals surface area contributed by atoms with Crippen molar-refractivity contribution in [3.63, 3.8) is 0 Å². The molecule has 1 rings (SSSR count). The fourth-order valence-corrected chi connectivity index (χ4v) is 1.10. The summed E-state index contributed by atoms with van der Waals surface area (Å²) in [7, 11) is 0. The minimum absolute atomic E-state index is 0.285. The Bertz CT molecular complexity index is 277. The minimum Gasteiger partial charge on any atom is -0.457 e. The lowest BCUT2D eigenvalue weighted by Gasteiger charge is -2.33. The van der Waals surface area contributed by atoms with Crippen LogP contribution in [0.25, 0.3) is 10.4 Å². The molecule has 0 aliphatic carbocycles. The Morgan fingerprint density at radius 1 is 1.43 bits per heavy atom. The van der Waals surface area contributed by atoms with Gasteiger partial charge in [-0.3, -0.25) is 0 Å². The van der Waals surface area contributed by atoms with Gasteiger partial charge in [0.25, 0.3) is 0 Å². The third-order valence-electron chi connectivity index (χ3n) is 1.89. The van der Waals surface area contributed by atoms with E-state index in [1.165, 1.54) is 0 Å². The molecule has 1 heterocycles. The van der Waals surface area contributed by atoms with Crippen molar-refractivity contribution < 1.29 is 24.9 Å². The SMILES string of the molecule is [N-]=[N+]=NC[C@H]1OC(=O)[C@H](O)[C@@H](O)[C@H]1O. The highest BCUT2D eigenvalue weighted by Crippen LogP contribution is 2.16. The van der Waals surface area contributed by atoms with Crippen LogP contribution in [-0.4, -0.2) is 52.2 Å². The molecule has 1 aliphatic rings. The van der Waals surface area contributed by atoms with Crippen LogP contribution in [0.15, 0.2) is 5.11 Å². The normalized spacial score (nSPS) is 37.2. The van der Waals surface area contributed by atoms with Crippen LogP contribution in [0.1, 0.15) is 0 Å². The molecule has 0 saturated carbocycles. The first-order valence-corrected chi connectivity index (χ1v) is 3.83. The number of esters is 1. The molecule has 4 atom stereocenters. The third kappa shape index (κ3) is 1.94. The van der Waals surface area contributed by atoms with Crippen LogP contribution in [0.3, 0.4) is 0 Å². The number of cyclic esters (lactones) is 1. The van der Waals surface area contributed by atoms with E-state index in [9.17, 15) is 9.90 Å². The van der Waals surface area contributed by atoms with Crippen molar-refractivity contribution in [3.8, 4) is 0 Å². The molecule has 1 fully saturated rings. The maximum absolute atomic E-state index is 10.8. The van der Waals surface area contributed by atoms with Gasteiger partial charge in [0, 0.05) is 4.91 Å². The van der Waals surface area contributed by atoms with Gasteiger partial charge in [-0.15, -0.1) is 0 Å². The number of nitrogens with zero attached hydrogens (tertiary/aromatic N) is 3. The Morgan fingerprint density at radius 2 is 2.07 bits per heavy atom. The zero-order chi connectivity index (χ0) is 10.7. The highest BCUT2D eigenvalue weighted by molar-refractivity contribution is 5.76. The van der Waals surface area contributed by atoms with Crippen molar-refractivity contribution in [2.45, 2.75) is 24.4 Å². The highest BCUT2D eigenvalue weighted by atomic mass is 16.6. The average molecular weight is 203 g/mol. The molecular formula is C6H9N3O5. The number of aliphatic hydroxyl groups is 3. The fraction of sp³-hybridized carbons (Fsp3) is 0.833. The van der Waals surface area contributed by atoms with Crippen molar-refractivity contribution >= 4 is 5.97 Å². The second-order valence-electron chi connectivity index (χ2n) is 2.81. The zero-order valence-electron chi connectivity index (χ0n) is 7.02. The van der Waals surface area contributed by atoms with E-state index < -0.39 is 30.4 Å². The van der Waals surface area contributed by atoms with Crippen LogP contribution >= 0.6 is 0 Å². The molecule has 8 nitrogen and oxygen atoms in total. The molecule has 0 radical (unpaired) electrons. The van der Waals surface area contributed by atoms with Gasteiger partial charge in [-0.1, -0.05) is 5.11 Å². The molecule has 0 aromatic rings. The first kappa shape index (κ1) is 10.7. The number of hydrogen-bond acceptors (Lipinski definition) is 6. The Labute approximate surface area is 78.3 Å². The summed E-state index contributed by atoms with van der Waals surface area (Å²) in [6.45, 7) is -0.285. The first-order chi connectivity index (χ1) is 6.57. The maximum Gasteiger partial charge on any atom is 0.338 e. The van der Waals surface area contributed by atoms with Crippen LogP contribution in [-0.2, 0) is 9.53 Å². The number of hydrogen-bond donors (Lipinski definition) is 3. The molecule has 78 valence electrons. The second kappa shape index (κ2) is 4.25. The molecule has 1 saturated heterocycles. The van der Waals surface area contributed by atoms with Gasteiger partial charge in [0.1, 0.15) is 18.3 Å². The van der Waals surface area contributed by atoms with E-state index >= 15 is 0 Å². The highest BCUT2D eigenvalue weighted by Gasteiger charge is 2.43. The molecule has 0 aromatic carbocycles. The monoisotopic (exact) mass is 203 g/mol. The van der Waals surface area contributed by atoms with Crippen molar-refractivity contribution in [3.05, 3.63) is 10.4 Å². The molecule has 0 amide bonds. The number of carbonyl (C=O) groups is 1. The molecular weight excluding hydrogens is 194 g/mol. The predicted octanol–water partition coefficient (Wildman–Crippen LogP) is -1.70. The van der Waals surface area contributed by atoms with Crippen LogP contribution in [0.2, 0.25) is 0 Å². The summed E-state index contributed by atoms with van der Waals surface area (Å²) in [4.78, 5) is 13.3. The first-order valence-electron chi connectivity index (χ1n) is 3.83. The van der Waals surface area contributed by atoms with Gasteiger partial charge in [0.2, 0.25) is 0 Å². The summed E-state index contributed by atoms with van der Waals surface area (Å²) in [5.74, 6) is -1.04. The number of azide groups is 1. The maximum atomic E-state index is 10.8. The summed E-state index contributed by atoms with van der Waals surface area (Å²) in [5, 5.41) is 30.5. The van der Waals surface area contributed by atoms with Crippen molar-refractivity contribution in [2.24, 2.45) is 5.11 Å². The van der Waals surface area contributed by atoms with Crippen molar-refractivity contribution in [1.82, 2.24) is 0 Å². The third-order valence-corrected chi connectivity index (χ3v) is 1.89. The standard InChI is InChI=1S/C6H9N3O5/c7-9-8-1-2-3(10)4(11)5(12)6(13)14-2/h2-5,10-12H,1H2/t2-,3+,4+,5-/m1/s1. The molecule has 8 heteroatoms. The summed E-state index contributed by atoms with van der Waals surface area (Å²) in [6.07, 6.45) is -5.94. The van der Waals surface area contributed by atoms with E-state index in [2.05, 4.69) is 14.8 Å². The predicted molar refractivity (Wildman–Crippen MR) is 41.9 cm³/mol. The molecule has 0 spiro atoms. The Morgan fingerprint density at radius 3 is 2.64 bits per heavy atom. The number of aliphatic hydroxyl groups excluding tert-OH is 3. The topological polar surface area (TPSA) is 136 Å². The molecule has 14 heavy (non-hydrogen) atoms. The number of ether oxygens (including phenoxy) is 1. The molecule has 3 N–H and O–H groups in total. The second-order valence-corrected chi connectivity index (χ2v) is 2.81. The van der Waals surface area contributed by atoms with Gasteiger partial charge in [-0.2, -0.15) is 0 Å². The smallest absolute Gasteiger partial charge is 0.338 e. The van der Waals surface area contributed by atoms with Crippen LogP contribution < -0.4 is 0 Å². The van der Waals surface area contributed by atoms with Gasteiger partial charge in [-0.05, 0) is 5.53 Å². The molecule has 0 bridgehead atoms. The summed E-state index contributed by atoms with van der Waals surface area (Å²) >= 11 is 0. The number of carbonyl (C=O) groups excluding carboxylic acids is 1. The van der Waals surface area contributed by atoms with Crippen LogP contribution in [0, 0.1) is 0 Å². The lowest BCUT2D eigenvalue weighted by atomic mass is 10.00. The Hall–Kier alpha value is -1.34. The van der Waals surface area contributed by atoms with Crippen molar-refractivity contribution in [1.29, 1.82) is 0 Å². The Balaban J connectivity index is 2.69. The van der Waals surface area contributed by atoms with Gasteiger partial charge in [0.05, 0.1) is 6.54 Å². The van der Waals surface area contributed by atoms with E-state index in [1.54, 1.807) is 0 Å². The van der Waals surface area contributed by atoms with Gasteiger partial charge < -0.3 is 20.1 Å². The minimum atomic E-state index is -1.76. The van der Waals surface area contributed by atoms with Crippen molar-refractivity contribution in [2.75, 3.05) is 6.54 Å². The van der Waals surface area contributed by atoms with E-state index in [1.807, 2.05) is 0 Å². The van der Waals surface area contributed by atoms with Gasteiger partial charge >= 0.3 is 5.97 Å². The average Bonchev–Trinajstić information content (AvgIpc) is 2.18. The van der Waals surface area contributed by atoms with E-state index in [0.717, 1.165) is 0 Å². The van der Waals surface area contributed by atoms with Gasteiger partial charge in [0.15, 0.2) is 6.10 Å².